The highest BCUT2D eigenvalue weighted by molar-refractivity contribution is 6.06. The van der Waals surface area contributed by atoms with E-state index in [4.69, 9.17) is 0 Å². The summed E-state index contributed by atoms with van der Waals surface area (Å²) in [4.78, 5) is 35.7. The number of nitrogens with zero attached hydrogens (tertiary/aromatic N) is 4. The fourth-order valence-electron chi connectivity index (χ4n) is 4.44. The van der Waals surface area contributed by atoms with E-state index in [1.54, 1.807) is 31.1 Å². The lowest BCUT2D eigenvalue weighted by atomic mass is 9.94. The third kappa shape index (κ3) is 3.30. The van der Waals surface area contributed by atoms with Crippen molar-refractivity contribution in [2.75, 3.05) is 33.7 Å². The van der Waals surface area contributed by atoms with Crippen LogP contribution in [0.1, 0.15) is 28.9 Å². The highest BCUT2D eigenvalue weighted by atomic mass is 19.1. The number of hydrogen-bond acceptors (Lipinski definition) is 3. The van der Waals surface area contributed by atoms with E-state index >= 15 is 0 Å². The SMILES string of the molecule is Cc1cc(C(=O)N2C[C@@H]3CC[C@H]2CN(C(=O)N(C)C)C3)c2ccc(F)cc2n1. The van der Waals surface area contributed by atoms with Crippen LogP contribution in [0.15, 0.2) is 24.3 Å². The van der Waals surface area contributed by atoms with Crippen molar-refractivity contribution >= 4 is 22.8 Å². The zero-order valence-electron chi connectivity index (χ0n) is 16.5. The van der Waals surface area contributed by atoms with Gasteiger partial charge in [-0.1, -0.05) is 0 Å². The van der Waals surface area contributed by atoms with Gasteiger partial charge < -0.3 is 14.7 Å². The lowest BCUT2D eigenvalue weighted by Gasteiger charge is -2.36. The van der Waals surface area contributed by atoms with Gasteiger partial charge in [0, 0.05) is 56.9 Å². The maximum atomic E-state index is 13.6. The van der Waals surface area contributed by atoms with Gasteiger partial charge in [0.25, 0.3) is 5.91 Å². The van der Waals surface area contributed by atoms with Crippen LogP contribution in [-0.4, -0.2) is 71.4 Å². The molecule has 7 heteroatoms. The Morgan fingerprint density at radius 3 is 2.68 bits per heavy atom. The highest BCUT2D eigenvalue weighted by Crippen LogP contribution is 2.31. The highest BCUT2D eigenvalue weighted by Gasteiger charge is 2.39. The van der Waals surface area contributed by atoms with Crippen molar-refractivity contribution in [1.29, 1.82) is 0 Å². The first kappa shape index (κ1) is 18.7. The number of pyridine rings is 1. The minimum atomic E-state index is -0.365. The van der Waals surface area contributed by atoms with E-state index in [9.17, 15) is 14.0 Å². The van der Waals surface area contributed by atoms with Crippen molar-refractivity contribution < 1.29 is 14.0 Å². The average molecular weight is 384 g/mol. The summed E-state index contributed by atoms with van der Waals surface area (Å²) in [6.07, 6.45) is 1.91. The molecule has 0 spiro atoms. The Kier molecular flexibility index (Phi) is 4.69. The van der Waals surface area contributed by atoms with E-state index in [2.05, 4.69) is 4.98 Å². The fourth-order valence-corrected chi connectivity index (χ4v) is 4.44. The van der Waals surface area contributed by atoms with Crippen molar-refractivity contribution in [3.05, 3.63) is 41.3 Å². The molecule has 0 N–H and O–H groups in total. The topological polar surface area (TPSA) is 56.8 Å². The molecule has 0 unspecified atom stereocenters. The van der Waals surface area contributed by atoms with Crippen molar-refractivity contribution in [3.8, 4) is 0 Å². The average Bonchev–Trinajstić information content (AvgIpc) is 2.97. The molecule has 3 aliphatic heterocycles. The maximum Gasteiger partial charge on any atom is 0.319 e. The van der Waals surface area contributed by atoms with E-state index in [0.717, 1.165) is 12.8 Å². The van der Waals surface area contributed by atoms with Crippen LogP contribution in [0.5, 0.6) is 0 Å². The number of rotatable bonds is 1. The minimum Gasteiger partial charge on any atom is -0.334 e. The van der Waals surface area contributed by atoms with Crippen LogP contribution in [0.25, 0.3) is 10.9 Å². The molecule has 4 heterocycles. The van der Waals surface area contributed by atoms with Crippen LogP contribution >= 0.6 is 0 Å². The van der Waals surface area contributed by atoms with Crippen molar-refractivity contribution in [1.82, 2.24) is 19.7 Å². The number of benzene rings is 1. The Balaban J connectivity index is 1.68. The molecule has 28 heavy (non-hydrogen) atoms. The molecule has 0 radical (unpaired) electrons. The maximum absolute atomic E-state index is 13.6. The van der Waals surface area contributed by atoms with Crippen LogP contribution < -0.4 is 0 Å². The standard InChI is InChI=1S/C21H25FN4O2/c1-13-8-18(17-7-5-15(22)9-19(17)23-13)20(27)26-11-14-4-6-16(26)12-25(10-14)21(28)24(2)3/h5,7-9,14,16H,4,6,10-12H2,1-3H3/t14-,16+/m1/s1. The Hall–Kier alpha value is -2.70. The fraction of sp³-hybridized carbons (Fsp3) is 0.476. The van der Waals surface area contributed by atoms with Gasteiger partial charge >= 0.3 is 6.03 Å². The van der Waals surface area contributed by atoms with Crippen molar-refractivity contribution in [3.63, 3.8) is 0 Å². The van der Waals surface area contributed by atoms with Crippen LogP contribution in [-0.2, 0) is 0 Å². The lowest BCUT2D eigenvalue weighted by molar-refractivity contribution is 0.0587. The Morgan fingerprint density at radius 1 is 1.14 bits per heavy atom. The number of carbonyl (C=O) groups excluding carboxylic acids is 2. The summed E-state index contributed by atoms with van der Waals surface area (Å²) in [5.41, 5.74) is 1.74. The van der Waals surface area contributed by atoms with Crippen LogP contribution in [0.4, 0.5) is 9.18 Å². The Bertz CT molecular complexity index is 940. The quantitative estimate of drug-likeness (QED) is 0.760. The predicted molar refractivity (Wildman–Crippen MR) is 105 cm³/mol. The monoisotopic (exact) mass is 384 g/mol. The molecule has 0 saturated carbocycles. The number of aryl methyl sites for hydroxylation is 1. The lowest BCUT2D eigenvalue weighted by Crippen LogP contribution is -2.48. The summed E-state index contributed by atoms with van der Waals surface area (Å²) in [7, 11) is 3.51. The van der Waals surface area contributed by atoms with E-state index in [1.165, 1.54) is 12.1 Å². The molecule has 2 aromatic rings. The van der Waals surface area contributed by atoms with E-state index in [-0.39, 0.29) is 29.7 Å². The molecule has 2 atom stereocenters. The first-order valence-electron chi connectivity index (χ1n) is 9.67. The normalized spacial score (nSPS) is 21.7. The Morgan fingerprint density at radius 2 is 1.93 bits per heavy atom. The first-order valence-corrected chi connectivity index (χ1v) is 9.67. The van der Waals surface area contributed by atoms with Crippen LogP contribution in [0.2, 0.25) is 0 Å². The number of piperidine rings is 1. The van der Waals surface area contributed by atoms with Crippen molar-refractivity contribution in [2.45, 2.75) is 25.8 Å². The number of carbonyl (C=O) groups is 2. The third-order valence-corrected chi connectivity index (χ3v) is 5.76. The summed E-state index contributed by atoms with van der Waals surface area (Å²) in [6, 6.07) is 6.13. The van der Waals surface area contributed by atoms with E-state index in [0.29, 0.717) is 41.8 Å². The van der Waals surface area contributed by atoms with E-state index in [1.807, 2.05) is 16.7 Å². The van der Waals surface area contributed by atoms with Gasteiger partial charge in [0.05, 0.1) is 11.1 Å². The zero-order chi connectivity index (χ0) is 20.0. The molecule has 2 bridgehead atoms. The predicted octanol–water partition coefficient (Wildman–Crippen LogP) is 2.90. The molecule has 3 aliphatic rings. The molecule has 0 aliphatic carbocycles. The Labute approximate surface area is 163 Å². The summed E-state index contributed by atoms with van der Waals surface area (Å²) < 4.78 is 13.6. The number of halogens is 1. The first-order chi connectivity index (χ1) is 13.3. The molecule has 1 aromatic heterocycles. The number of urea groups is 1. The third-order valence-electron chi connectivity index (χ3n) is 5.76. The van der Waals surface area contributed by atoms with Gasteiger partial charge in [-0.15, -0.1) is 0 Å². The smallest absolute Gasteiger partial charge is 0.319 e. The van der Waals surface area contributed by atoms with Gasteiger partial charge in [0.1, 0.15) is 5.82 Å². The summed E-state index contributed by atoms with van der Waals surface area (Å²) in [6.45, 7) is 3.69. The number of fused-ring (bicyclic) bond motifs is 5. The molecular weight excluding hydrogens is 359 g/mol. The number of amides is 3. The molecule has 1 aromatic carbocycles. The molecule has 3 amide bonds. The van der Waals surface area contributed by atoms with E-state index < -0.39 is 0 Å². The zero-order valence-corrected chi connectivity index (χ0v) is 16.5. The summed E-state index contributed by atoms with van der Waals surface area (Å²) in [5.74, 6) is -0.148. The molecule has 6 nitrogen and oxygen atoms in total. The van der Waals surface area contributed by atoms with Crippen molar-refractivity contribution in [2.24, 2.45) is 5.92 Å². The van der Waals surface area contributed by atoms with Crippen LogP contribution in [0.3, 0.4) is 0 Å². The van der Waals surface area contributed by atoms with Gasteiger partial charge in [-0.05, 0) is 43.9 Å². The van der Waals surface area contributed by atoms with Gasteiger partial charge in [0.2, 0.25) is 0 Å². The second-order valence-electron chi connectivity index (χ2n) is 8.11. The molecule has 148 valence electrons. The molecule has 3 fully saturated rings. The largest absolute Gasteiger partial charge is 0.334 e. The number of aromatic nitrogens is 1. The van der Waals surface area contributed by atoms with Gasteiger partial charge in [-0.2, -0.15) is 0 Å². The number of hydrogen-bond donors (Lipinski definition) is 0. The minimum absolute atomic E-state index is 0.000815. The van der Waals surface area contributed by atoms with Gasteiger partial charge in [-0.25, -0.2) is 9.18 Å². The summed E-state index contributed by atoms with van der Waals surface area (Å²) in [5, 5.41) is 0.665. The second kappa shape index (κ2) is 7.04. The van der Waals surface area contributed by atoms with Gasteiger partial charge in [-0.3, -0.25) is 9.78 Å². The second-order valence-corrected chi connectivity index (χ2v) is 8.11. The van der Waals surface area contributed by atoms with Crippen LogP contribution in [0, 0.1) is 18.7 Å². The van der Waals surface area contributed by atoms with Gasteiger partial charge in [0.15, 0.2) is 0 Å². The molecular formula is C21H25FN4O2. The molecule has 3 saturated heterocycles. The summed E-state index contributed by atoms with van der Waals surface area (Å²) >= 11 is 0. The molecule has 5 rings (SSSR count).